The Balaban J connectivity index is 2.14. The summed E-state index contributed by atoms with van der Waals surface area (Å²) in [4.78, 5) is 14.4. The molecule has 0 N–H and O–H groups in total. The molecule has 1 aromatic rings. The van der Waals surface area contributed by atoms with E-state index in [0.29, 0.717) is 38.3 Å². The molecule has 7 heteroatoms. The van der Waals surface area contributed by atoms with E-state index in [9.17, 15) is 13.2 Å². The van der Waals surface area contributed by atoms with Crippen LogP contribution in [0, 0.1) is 13.8 Å². The average molecular weight is 340 g/mol. The number of carbonyl (C=O) groups excluding carboxylic acids is 1. The van der Waals surface area contributed by atoms with Crippen LogP contribution >= 0.6 is 0 Å². The number of hydrogen-bond acceptors (Lipinski definition) is 4. The second kappa shape index (κ2) is 6.88. The number of benzene rings is 1. The quantitative estimate of drug-likeness (QED) is 0.831. The molecule has 0 radical (unpaired) electrons. The summed E-state index contributed by atoms with van der Waals surface area (Å²) >= 11 is 0. The maximum atomic E-state index is 12.7. The molecular formula is C16H24N2O4S. The van der Waals surface area contributed by atoms with E-state index < -0.39 is 10.0 Å². The van der Waals surface area contributed by atoms with Gasteiger partial charge in [-0.25, -0.2) is 8.42 Å². The molecule has 0 bridgehead atoms. The van der Waals surface area contributed by atoms with Crippen molar-refractivity contribution in [2.24, 2.45) is 0 Å². The highest BCUT2D eigenvalue weighted by Gasteiger charge is 2.27. The smallest absolute Gasteiger partial charge is 0.254 e. The number of amides is 1. The Labute approximate surface area is 138 Å². The Morgan fingerprint density at radius 2 is 1.74 bits per heavy atom. The fourth-order valence-electron chi connectivity index (χ4n) is 2.72. The monoisotopic (exact) mass is 340 g/mol. The molecule has 2 rings (SSSR count). The van der Waals surface area contributed by atoms with Gasteiger partial charge in [0.2, 0.25) is 10.0 Å². The first kappa shape index (κ1) is 17.7. The topological polar surface area (TPSA) is 66.9 Å². The molecule has 128 valence electrons. The summed E-state index contributed by atoms with van der Waals surface area (Å²) in [7, 11) is -3.19. The van der Waals surface area contributed by atoms with Crippen molar-refractivity contribution in [2.45, 2.75) is 20.8 Å². The molecule has 1 heterocycles. The largest absolute Gasteiger partial charge is 0.494 e. The molecule has 0 aromatic heterocycles. The van der Waals surface area contributed by atoms with E-state index in [1.807, 2.05) is 32.9 Å². The van der Waals surface area contributed by atoms with Crippen LogP contribution in [0.15, 0.2) is 12.1 Å². The van der Waals surface area contributed by atoms with Crippen LogP contribution < -0.4 is 4.74 Å². The number of nitrogens with zero attached hydrogens (tertiary/aromatic N) is 2. The highest BCUT2D eigenvalue weighted by molar-refractivity contribution is 7.88. The first-order chi connectivity index (χ1) is 10.7. The summed E-state index contributed by atoms with van der Waals surface area (Å²) in [6, 6.07) is 3.74. The Bertz CT molecular complexity index is 692. The molecule has 1 aliphatic rings. The van der Waals surface area contributed by atoms with Gasteiger partial charge in [0.25, 0.3) is 5.91 Å². The lowest BCUT2D eigenvalue weighted by molar-refractivity contribution is 0.0697. The predicted octanol–water partition coefficient (Wildman–Crippen LogP) is 1.42. The summed E-state index contributed by atoms with van der Waals surface area (Å²) in [5.41, 5.74) is 2.45. The van der Waals surface area contributed by atoms with Crippen LogP contribution in [-0.2, 0) is 10.0 Å². The highest BCUT2D eigenvalue weighted by Crippen LogP contribution is 2.24. The minimum Gasteiger partial charge on any atom is -0.494 e. The van der Waals surface area contributed by atoms with Crippen LogP contribution in [0.4, 0.5) is 0 Å². The maximum Gasteiger partial charge on any atom is 0.254 e. The number of sulfonamides is 1. The van der Waals surface area contributed by atoms with Crippen LogP contribution in [0.1, 0.15) is 28.4 Å². The second-order valence-corrected chi connectivity index (χ2v) is 7.80. The van der Waals surface area contributed by atoms with E-state index in [0.717, 1.165) is 16.9 Å². The van der Waals surface area contributed by atoms with E-state index in [1.165, 1.54) is 10.6 Å². The van der Waals surface area contributed by atoms with Crippen LogP contribution in [0.2, 0.25) is 0 Å². The van der Waals surface area contributed by atoms with Crippen LogP contribution in [0.5, 0.6) is 5.75 Å². The molecule has 1 saturated heterocycles. The van der Waals surface area contributed by atoms with E-state index in [2.05, 4.69) is 0 Å². The Morgan fingerprint density at radius 3 is 2.26 bits per heavy atom. The van der Waals surface area contributed by atoms with Crippen molar-refractivity contribution in [2.75, 3.05) is 39.0 Å². The molecule has 23 heavy (non-hydrogen) atoms. The lowest BCUT2D eigenvalue weighted by Gasteiger charge is -2.33. The second-order valence-electron chi connectivity index (χ2n) is 5.82. The summed E-state index contributed by atoms with van der Waals surface area (Å²) in [6.07, 6.45) is 1.20. The van der Waals surface area contributed by atoms with Gasteiger partial charge < -0.3 is 9.64 Å². The molecule has 1 fully saturated rings. The van der Waals surface area contributed by atoms with Gasteiger partial charge in [-0.2, -0.15) is 4.31 Å². The van der Waals surface area contributed by atoms with Gasteiger partial charge in [-0.15, -0.1) is 0 Å². The molecule has 6 nitrogen and oxygen atoms in total. The standard InChI is InChI=1S/C16H24N2O4S/c1-5-22-15-11-12(2)14(10-13(15)3)16(19)17-6-8-18(9-7-17)23(4,20)21/h10-11H,5-9H2,1-4H3. The van der Waals surface area contributed by atoms with Crippen molar-refractivity contribution in [3.63, 3.8) is 0 Å². The third-order valence-electron chi connectivity index (χ3n) is 4.05. The zero-order valence-electron chi connectivity index (χ0n) is 14.1. The van der Waals surface area contributed by atoms with Gasteiger partial charge in [0, 0.05) is 31.7 Å². The Hall–Kier alpha value is -1.60. The van der Waals surface area contributed by atoms with Crippen LogP contribution in [-0.4, -0.2) is 62.6 Å². The zero-order chi connectivity index (χ0) is 17.2. The summed E-state index contributed by atoms with van der Waals surface area (Å²) in [5, 5.41) is 0. The molecule has 0 atom stereocenters. The van der Waals surface area contributed by atoms with E-state index in [4.69, 9.17) is 4.74 Å². The third kappa shape index (κ3) is 4.03. The zero-order valence-corrected chi connectivity index (χ0v) is 14.9. The fraction of sp³-hybridized carbons (Fsp3) is 0.562. The van der Waals surface area contributed by atoms with E-state index in [1.54, 1.807) is 4.90 Å². The number of piperazine rings is 1. The van der Waals surface area contributed by atoms with Crippen molar-refractivity contribution in [1.29, 1.82) is 0 Å². The number of hydrogen-bond donors (Lipinski definition) is 0. The third-order valence-corrected chi connectivity index (χ3v) is 5.35. The first-order valence-corrected chi connectivity index (χ1v) is 9.57. The fourth-order valence-corrected chi connectivity index (χ4v) is 3.55. The number of carbonyl (C=O) groups is 1. The minimum absolute atomic E-state index is 0.0539. The molecule has 0 spiro atoms. The van der Waals surface area contributed by atoms with Gasteiger partial charge in [-0.3, -0.25) is 4.79 Å². The molecule has 0 unspecified atom stereocenters. The summed E-state index contributed by atoms with van der Waals surface area (Å²) in [5.74, 6) is 0.741. The number of ether oxygens (including phenoxy) is 1. The van der Waals surface area contributed by atoms with Crippen LogP contribution in [0.25, 0.3) is 0 Å². The average Bonchev–Trinajstić information content (AvgIpc) is 2.49. The first-order valence-electron chi connectivity index (χ1n) is 7.72. The number of aryl methyl sites for hydroxylation is 2. The van der Waals surface area contributed by atoms with E-state index in [-0.39, 0.29) is 5.91 Å². The van der Waals surface area contributed by atoms with Crippen molar-refractivity contribution in [1.82, 2.24) is 9.21 Å². The highest BCUT2D eigenvalue weighted by atomic mass is 32.2. The van der Waals surface area contributed by atoms with Gasteiger partial charge in [-0.1, -0.05) is 0 Å². The Morgan fingerprint density at radius 1 is 1.13 bits per heavy atom. The van der Waals surface area contributed by atoms with Gasteiger partial charge in [0.05, 0.1) is 12.9 Å². The molecule has 0 saturated carbocycles. The van der Waals surface area contributed by atoms with Crippen molar-refractivity contribution < 1.29 is 17.9 Å². The van der Waals surface area contributed by atoms with Crippen molar-refractivity contribution in [3.05, 3.63) is 28.8 Å². The van der Waals surface area contributed by atoms with Gasteiger partial charge >= 0.3 is 0 Å². The predicted molar refractivity (Wildman–Crippen MR) is 89.4 cm³/mol. The molecule has 1 amide bonds. The summed E-state index contributed by atoms with van der Waals surface area (Å²) in [6.45, 7) is 7.84. The molecule has 0 aliphatic carbocycles. The maximum absolute atomic E-state index is 12.7. The molecule has 1 aromatic carbocycles. The van der Waals surface area contributed by atoms with Crippen LogP contribution in [0.3, 0.4) is 0 Å². The Kier molecular flexibility index (Phi) is 5.31. The van der Waals surface area contributed by atoms with Crippen molar-refractivity contribution in [3.8, 4) is 5.75 Å². The minimum atomic E-state index is -3.19. The molecular weight excluding hydrogens is 316 g/mol. The summed E-state index contributed by atoms with van der Waals surface area (Å²) < 4.78 is 30.0. The SMILES string of the molecule is CCOc1cc(C)c(C(=O)N2CCN(S(C)(=O)=O)CC2)cc1C. The van der Waals surface area contributed by atoms with Gasteiger partial charge in [0.1, 0.15) is 5.75 Å². The normalized spacial score (nSPS) is 16.4. The lowest BCUT2D eigenvalue weighted by Crippen LogP contribution is -2.50. The van der Waals surface area contributed by atoms with E-state index >= 15 is 0 Å². The van der Waals surface area contributed by atoms with Gasteiger partial charge in [0.15, 0.2) is 0 Å². The van der Waals surface area contributed by atoms with Crippen molar-refractivity contribution >= 4 is 15.9 Å². The van der Waals surface area contributed by atoms with Gasteiger partial charge in [-0.05, 0) is 44.0 Å². The number of rotatable bonds is 4. The molecule has 1 aliphatic heterocycles. The lowest BCUT2D eigenvalue weighted by atomic mass is 10.0.